The number of rotatable bonds is 8. The van der Waals surface area contributed by atoms with Crippen LogP contribution in [0.5, 0.6) is 0 Å². The van der Waals surface area contributed by atoms with Gasteiger partial charge in [-0.25, -0.2) is 13.1 Å². The zero-order valence-electron chi connectivity index (χ0n) is 15.6. The molecule has 0 fully saturated rings. The molecule has 3 rings (SSSR count). The summed E-state index contributed by atoms with van der Waals surface area (Å²) in [6, 6.07) is 9.57. The minimum absolute atomic E-state index is 0.0747. The summed E-state index contributed by atoms with van der Waals surface area (Å²) in [7, 11) is -3.76. The third-order valence-corrected chi connectivity index (χ3v) is 5.84. The number of nitrogens with zero attached hydrogens (tertiary/aromatic N) is 2. The third-order valence-electron chi connectivity index (χ3n) is 4.25. The Hall–Kier alpha value is -2.91. The van der Waals surface area contributed by atoms with E-state index in [1.54, 1.807) is 61.3 Å². The minimum Gasteiger partial charge on any atom is -0.467 e. The number of nitrogens with one attached hydrogen (secondary N) is 2. The zero-order chi connectivity index (χ0) is 20.1. The maximum absolute atomic E-state index is 12.8. The maximum Gasteiger partial charge on any atom is 0.240 e. The van der Waals surface area contributed by atoms with Crippen molar-refractivity contribution >= 4 is 21.6 Å². The fraction of sp³-hybridized carbons (Fsp3) is 0.263. The lowest BCUT2D eigenvalue weighted by Crippen LogP contribution is -2.32. The first kappa shape index (κ1) is 19.8. The topological polar surface area (TPSA) is 106 Å². The van der Waals surface area contributed by atoms with Crippen molar-refractivity contribution in [3.8, 4) is 0 Å². The molecule has 0 saturated heterocycles. The zero-order valence-corrected chi connectivity index (χ0v) is 16.4. The molecule has 28 heavy (non-hydrogen) atoms. The molecular formula is C19H22N4O4S. The number of hydrogen-bond donors (Lipinski definition) is 2. The second kappa shape index (κ2) is 8.41. The van der Waals surface area contributed by atoms with E-state index in [-0.39, 0.29) is 17.3 Å². The van der Waals surface area contributed by atoms with Gasteiger partial charge in [0.05, 0.1) is 11.2 Å². The first-order valence-electron chi connectivity index (χ1n) is 8.83. The predicted octanol–water partition coefficient (Wildman–Crippen LogP) is 2.70. The van der Waals surface area contributed by atoms with Gasteiger partial charge in [0.25, 0.3) is 0 Å². The molecule has 0 aliphatic carbocycles. The summed E-state index contributed by atoms with van der Waals surface area (Å²) >= 11 is 0. The third kappa shape index (κ3) is 4.49. The SMILES string of the molecule is CCC(=O)Nc1ccc(S(=O)(=O)NCC(c2ccco2)n2cccn2)c(C)c1. The highest BCUT2D eigenvalue weighted by Gasteiger charge is 2.23. The molecule has 3 aromatic rings. The molecule has 0 spiro atoms. The van der Waals surface area contributed by atoms with Gasteiger partial charge in [-0.05, 0) is 48.9 Å². The van der Waals surface area contributed by atoms with Crippen molar-refractivity contribution in [2.24, 2.45) is 0 Å². The predicted molar refractivity (Wildman–Crippen MR) is 104 cm³/mol. The number of hydrogen-bond acceptors (Lipinski definition) is 5. The quantitative estimate of drug-likeness (QED) is 0.603. The molecule has 2 N–H and O–H groups in total. The molecule has 0 radical (unpaired) electrons. The highest BCUT2D eigenvalue weighted by molar-refractivity contribution is 7.89. The standard InChI is InChI=1S/C19H22N4O4S/c1-3-19(24)22-15-7-8-18(14(2)12-15)28(25,26)21-13-16(17-6-4-11-27-17)23-10-5-9-20-23/h4-12,16,21H,3,13H2,1-2H3,(H,22,24). The first-order chi connectivity index (χ1) is 13.4. The Balaban J connectivity index is 1.78. The Morgan fingerprint density at radius 3 is 2.71 bits per heavy atom. The summed E-state index contributed by atoms with van der Waals surface area (Å²) in [6.07, 6.45) is 5.26. The van der Waals surface area contributed by atoms with E-state index in [0.717, 1.165) is 0 Å². The summed E-state index contributed by atoms with van der Waals surface area (Å²) in [5.74, 6) is 0.467. The van der Waals surface area contributed by atoms with Gasteiger partial charge in [-0.3, -0.25) is 9.48 Å². The molecular weight excluding hydrogens is 380 g/mol. The Morgan fingerprint density at radius 1 is 1.29 bits per heavy atom. The van der Waals surface area contributed by atoms with Crippen LogP contribution in [0.2, 0.25) is 0 Å². The van der Waals surface area contributed by atoms with Gasteiger partial charge in [-0.2, -0.15) is 5.10 Å². The van der Waals surface area contributed by atoms with Crippen molar-refractivity contribution in [3.05, 3.63) is 66.4 Å². The fourth-order valence-corrected chi connectivity index (χ4v) is 4.08. The van der Waals surface area contributed by atoms with Crippen molar-refractivity contribution in [2.75, 3.05) is 11.9 Å². The van der Waals surface area contributed by atoms with Gasteiger partial charge in [0.15, 0.2) is 0 Å². The van der Waals surface area contributed by atoms with Gasteiger partial charge in [0, 0.05) is 31.0 Å². The summed E-state index contributed by atoms with van der Waals surface area (Å²) in [5, 5.41) is 6.91. The molecule has 1 amide bonds. The van der Waals surface area contributed by atoms with Crippen LogP contribution in [-0.2, 0) is 14.8 Å². The molecule has 148 valence electrons. The van der Waals surface area contributed by atoms with E-state index in [1.165, 1.54) is 12.3 Å². The first-order valence-corrected chi connectivity index (χ1v) is 10.3. The number of anilines is 1. The number of carbonyl (C=O) groups excluding carboxylic acids is 1. The van der Waals surface area contributed by atoms with Crippen molar-refractivity contribution in [2.45, 2.75) is 31.2 Å². The summed E-state index contributed by atoms with van der Waals surface area (Å²) < 4.78 is 35.4. The normalized spacial score (nSPS) is 12.6. The number of furan rings is 1. The van der Waals surface area contributed by atoms with Crippen LogP contribution in [0.4, 0.5) is 5.69 Å². The van der Waals surface area contributed by atoms with E-state index in [2.05, 4.69) is 15.1 Å². The monoisotopic (exact) mass is 402 g/mol. The van der Waals surface area contributed by atoms with Crippen molar-refractivity contribution in [1.82, 2.24) is 14.5 Å². The molecule has 1 atom stereocenters. The molecule has 0 bridgehead atoms. The van der Waals surface area contributed by atoms with Gasteiger partial charge in [0.2, 0.25) is 15.9 Å². The van der Waals surface area contributed by atoms with Gasteiger partial charge in [-0.1, -0.05) is 6.92 Å². The average Bonchev–Trinajstić information content (AvgIpc) is 3.36. The number of aryl methyl sites for hydroxylation is 1. The van der Waals surface area contributed by atoms with Gasteiger partial charge >= 0.3 is 0 Å². The summed E-state index contributed by atoms with van der Waals surface area (Å²) in [6.45, 7) is 3.51. The van der Waals surface area contributed by atoms with E-state index in [9.17, 15) is 13.2 Å². The number of sulfonamides is 1. The lowest BCUT2D eigenvalue weighted by atomic mass is 10.2. The molecule has 2 heterocycles. The molecule has 9 heteroatoms. The maximum atomic E-state index is 12.8. The summed E-state index contributed by atoms with van der Waals surface area (Å²) in [4.78, 5) is 11.7. The molecule has 1 unspecified atom stereocenters. The van der Waals surface area contributed by atoms with Crippen molar-refractivity contribution in [1.29, 1.82) is 0 Å². The fourth-order valence-electron chi connectivity index (χ4n) is 2.81. The van der Waals surface area contributed by atoms with Crippen LogP contribution in [-0.4, -0.2) is 30.7 Å². The minimum atomic E-state index is -3.76. The Morgan fingerprint density at radius 2 is 2.11 bits per heavy atom. The molecule has 8 nitrogen and oxygen atoms in total. The number of aromatic nitrogens is 2. The van der Waals surface area contributed by atoms with E-state index in [0.29, 0.717) is 23.4 Å². The lowest BCUT2D eigenvalue weighted by molar-refractivity contribution is -0.115. The van der Waals surface area contributed by atoms with Gasteiger partial charge in [-0.15, -0.1) is 0 Å². The van der Waals surface area contributed by atoms with Crippen molar-refractivity contribution in [3.63, 3.8) is 0 Å². The van der Waals surface area contributed by atoms with Crippen LogP contribution in [0.25, 0.3) is 0 Å². The summed E-state index contributed by atoms with van der Waals surface area (Å²) in [5.41, 5.74) is 1.10. The van der Waals surface area contributed by atoms with Crippen LogP contribution in [0.1, 0.15) is 30.7 Å². The molecule has 0 aliphatic heterocycles. The number of benzene rings is 1. The molecule has 0 aliphatic rings. The van der Waals surface area contributed by atoms with E-state index < -0.39 is 16.1 Å². The smallest absolute Gasteiger partial charge is 0.240 e. The van der Waals surface area contributed by atoms with Gasteiger partial charge < -0.3 is 9.73 Å². The van der Waals surface area contributed by atoms with E-state index in [4.69, 9.17) is 4.42 Å². The van der Waals surface area contributed by atoms with E-state index >= 15 is 0 Å². The highest BCUT2D eigenvalue weighted by atomic mass is 32.2. The highest BCUT2D eigenvalue weighted by Crippen LogP contribution is 2.22. The Labute approximate surface area is 163 Å². The largest absolute Gasteiger partial charge is 0.467 e. The van der Waals surface area contributed by atoms with Crippen LogP contribution in [0.15, 0.2) is 64.4 Å². The Bertz CT molecular complexity index is 994. The van der Waals surface area contributed by atoms with E-state index in [1.807, 2.05) is 0 Å². The van der Waals surface area contributed by atoms with Crippen LogP contribution in [0.3, 0.4) is 0 Å². The molecule has 0 saturated carbocycles. The number of amides is 1. The lowest BCUT2D eigenvalue weighted by Gasteiger charge is -2.17. The van der Waals surface area contributed by atoms with Crippen LogP contribution in [0, 0.1) is 6.92 Å². The van der Waals surface area contributed by atoms with Crippen molar-refractivity contribution < 1.29 is 17.6 Å². The van der Waals surface area contributed by atoms with Crippen LogP contribution < -0.4 is 10.0 Å². The van der Waals surface area contributed by atoms with Crippen LogP contribution >= 0.6 is 0 Å². The molecule has 2 aromatic heterocycles. The number of carbonyl (C=O) groups is 1. The second-order valence-corrected chi connectivity index (χ2v) is 7.99. The second-order valence-electron chi connectivity index (χ2n) is 6.25. The van der Waals surface area contributed by atoms with Gasteiger partial charge in [0.1, 0.15) is 11.8 Å². The average molecular weight is 402 g/mol. The molecule has 1 aromatic carbocycles. The Kier molecular flexibility index (Phi) is 5.96.